The highest BCUT2D eigenvalue weighted by Gasteiger charge is 2.53. The number of carboxylic acids is 1. The summed E-state index contributed by atoms with van der Waals surface area (Å²) in [6.45, 7) is 0. The van der Waals surface area contributed by atoms with Gasteiger partial charge in [0.15, 0.2) is 0 Å². The van der Waals surface area contributed by atoms with Gasteiger partial charge in [0, 0.05) is 12.5 Å². The molecule has 4 bridgehead atoms. The van der Waals surface area contributed by atoms with Crippen molar-refractivity contribution in [3.05, 3.63) is 0 Å². The van der Waals surface area contributed by atoms with E-state index in [2.05, 4.69) is 0 Å². The molecule has 1 atom stereocenters. The molecular formula is C14H23ClNO2-. The van der Waals surface area contributed by atoms with Crippen molar-refractivity contribution in [2.24, 2.45) is 28.9 Å². The summed E-state index contributed by atoms with van der Waals surface area (Å²) >= 11 is 0. The lowest BCUT2D eigenvalue weighted by atomic mass is 9.47. The SMILES string of the molecule is NC(CCC(=O)O)C12CC3CC(CC(C3)C1)C2.[Cl-]. The first-order valence-electron chi connectivity index (χ1n) is 7.05. The van der Waals surface area contributed by atoms with Gasteiger partial charge in [-0.25, -0.2) is 0 Å². The molecule has 0 aliphatic heterocycles. The minimum Gasteiger partial charge on any atom is -1.00 e. The van der Waals surface area contributed by atoms with Crippen molar-refractivity contribution in [1.82, 2.24) is 0 Å². The summed E-state index contributed by atoms with van der Waals surface area (Å²) < 4.78 is 0. The molecule has 0 amide bonds. The van der Waals surface area contributed by atoms with Gasteiger partial charge in [-0.1, -0.05) is 0 Å². The summed E-state index contributed by atoms with van der Waals surface area (Å²) in [5, 5.41) is 8.79. The van der Waals surface area contributed by atoms with Gasteiger partial charge in [-0.2, -0.15) is 0 Å². The van der Waals surface area contributed by atoms with Crippen molar-refractivity contribution < 1.29 is 22.3 Å². The molecule has 4 aliphatic carbocycles. The summed E-state index contributed by atoms with van der Waals surface area (Å²) in [6.07, 6.45) is 9.00. The normalized spacial score (nSPS) is 42.4. The lowest BCUT2D eigenvalue weighted by Crippen LogP contribution is -3.00. The van der Waals surface area contributed by atoms with Gasteiger partial charge in [0.25, 0.3) is 0 Å². The Morgan fingerprint density at radius 1 is 1.17 bits per heavy atom. The predicted molar refractivity (Wildman–Crippen MR) is 65.5 cm³/mol. The van der Waals surface area contributed by atoms with Crippen molar-refractivity contribution in [1.29, 1.82) is 0 Å². The van der Waals surface area contributed by atoms with Gasteiger partial charge in [0.1, 0.15) is 0 Å². The van der Waals surface area contributed by atoms with Crippen molar-refractivity contribution in [2.45, 2.75) is 57.4 Å². The molecule has 0 aromatic carbocycles. The molecule has 104 valence electrons. The van der Waals surface area contributed by atoms with Crippen LogP contribution in [0.2, 0.25) is 0 Å². The molecule has 4 saturated carbocycles. The number of carboxylic acid groups (broad SMARTS) is 1. The van der Waals surface area contributed by atoms with E-state index in [1.807, 2.05) is 0 Å². The van der Waals surface area contributed by atoms with Crippen LogP contribution in [0.25, 0.3) is 0 Å². The minimum absolute atomic E-state index is 0. The van der Waals surface area contributed by atoms with E-state index < -0.39 is 5.97 Å². The minimum atomic E-state index is -0.704. The molecule has 4 rings (SSSR count). The highest BCUT2D eigenvalue weighted by atomic mass is 35.5. The number of halogens is 1. The lowest BCUT2D eigenvalue weighted by molar-refractivity contribution is -0.137. The van der Waals surface area contributed by atoms with Gasteiger partial charge in [0.05, 0.1) is 0 Å². The van der Waals surface area contributed by atoms with Crippen molar-refractivity contribution in [2.75, 3.05) is 0 Å². The largest absolute Gasteiger partial charge is 1.00 e. The van der Waals surface area contributed by atoms with Crippen molar-refractivity contribution in [3.63, 3.8) is 0 Å². The zero-order valence-electron chi connectivity index (χ0n) is 10.8. The van der Waals surface area contributed by atoms with E-state index in [0.717, 1.165) is 17.8 Å². The smallest absolute Gasteiger partial charge is 0.303 e. The molecule has 0 radical (unpaired) electrons. The fourth-order valence-corrected chi connectivity index (χ4v) is 5.22. The Kier molecular flexibility index (Phi) is 3.93. The molecule has 4 aliphatic rings. The highest BCUT2D eigenvalue weighted by molar-refractivity contribution is 5.66. The number of carbonyl (C=O) groups is 1. The van der Waals surface area contributed by atoms with Crippen LogP contribution in [0.15, 0.2) is 0 Å². The van der Waals surface area contributed by atoms with Crippen LogP contribution in [0.4, 0.5) is 0 Å². The number of aliphatic carboxylic acids is 1. The second-order valence-electron chi connectivity index (χ2n) is 6.82. The number of rotatable bonds is 4. The lowest BCUT2D eigenvalue weighted by Gasteiger charge is -2.59. The zero-order valence-corrected chi connectivity index (χ0v) is 11.5. The first-order valence-corrected chi connectivity index (χ1v) is 7.05. The standard InChI is InChI=1S/C14H23NO2.ClH/c15-12(1-2-13(16)17)14-6-9-3-10(7-14)5-11(4-9)8-14;/h9-12H,1-8,15H2,(H,16,17);1H/p-1. The maximum absolute atomic E-state index is 10.7. The van der Waals surface area contributed by atoms with Gasteiger partial charge in [-0.05, 0) is 68.1 Å². The van der Waals surface area contributed by atoms with Gasteiger partial charge < -0.3 is 23.2 Å². The maximum atomic E-state index is 10.7. The van der Waals surface area contributed by atoms with Gasteiger partial charge in [-0.3, -0.25) is 4.79 Å². The molecule has 4 heteroatoms. The molecule has 0 heterocycles. The van der Waals surface area contributed by atoms with E-state index in [0.29, 0.717) is 11.8 Å². The molecule has 4 fully saturated rings. The van der Waals surface area contributed by atoms with Gasteiger partial charge >= 0.3 is 5.97 Å². The van der Waals surface area contributed by atoms with Crippen LogP contribution in [0, 0.1) is 23.2 Å². The van der Waals surface area contributed by atoms with E-state index in [1.165, 1.54) is 38.5 Å². The first kappa shape index (κ1) is 14.1. The van der Waals surface area contributed by atoms with Crippen LogP contribution in [-0.2, 0) is 4.79 Å². The maximum Gasteiger partial charge on any atom is 0.303 e. The van der Waals surface area contributed by atoms with Crippen LogP contribution in [0.1, 0.15) is 51.4 Å². The van der Waals surface area contributed by atoms with Gasteiger partial charge in [0.2, 0.25) is 0 Å². The van der Waals surface area contributed by atoms with E-state index in [9.17, 15) is 4.79 Å². The van der Waals surface area contributed by atoms with Crippen molar-refractivity contribution in [3.8, 4) is 0 Å². The third kappa shape index (κ3) is 2.39. The van der Waals surface area contributed by atoms with Gasteiger partial charge in [-0.15, -0.1) is 0 Å². The van der Waals surface area contributed by atoms with E-state index in [1.54, 1.807) is 0 Å². The average molecular weight is 273 g/mol. The second-order valence-corrected chi connectivity index (χ2v) is 6.82. The third-order valence-electron chi connectivity index (χ3n) is 5.54. The molecule has 0 saturated heterocycles. The molecular weight excluding hydrogens is 250 g/mol. The summed E-state index contributed by atoms with van der Waals surface area (Å²) in [7, 11) is 0. The number of nitrogens with two attached hydrogens (primary N) is 1. The first-order chi connectivity index (χ1) is 8.07. The topological polar surface area (TPSA) is 63.3 Å². The van der Waals surface area contributed by atoms with E-state index >= 15 is 0 Å². The monoisotopic (exact) mass is 272 g/mol. The average Bonchev–Trinajstić information content (AvgIpc) is 2.23. The highest BCUT2D eigenvalue weighted by Crippen LogP contribution is 2.61. The van der Waals surface area contributed by atoms with E-state index in [4.69, 9.17) is 10.8 Å². The fraction of sp³-hybridized carbons (Fsp3) is 0.929. The summed E-state index contributed by atoms with van der Waals surface area (Å²) in [6, 6.07) is 0.118. The second kappa shape index (κ2) is 5.01. The molecule has 0 spiro atoms. The quantitative estimate of drug-likeness (QED) is 0.718. The Balaban J connectivity index is 0.00000120. The van der Waals surface area contributed by atoms with Crippen LogP contribution >= 0.6 is 0 Å². The Hall–Kier alpha value is -0.280. The molecule has 1 unspecified atom stereocenters. The number of hydrogen-bond donors (Lipinski definition) is 2. The Labute approximate surface area is 115 Å². The van der Waals surface area contributed by atoms with Crippen LogP contribution in [0.5, 0.6) is 0 Å². The molecule has 18 heavy (non-hydrogen) atoms. The van der Waals surface area contributed by atoms with Crippen LogP contribution in [-0.4, -0.2) is 17.1 Å². The Morgan fingerprint density at radius 2 is 1.61 bits per heavy atom. The summed E-state index contributed by atoms with van der Waals surface area (Å²) in [5.74, 6) is 2.00. The summed E-state index contributed by atoms with van der Waals surface area (Å²) in [4.78, 5) is 10.7. The molecule has 3 nitrogen and oxygen atoms in total. The Morgan fingerprint density at radius 3 is 2.00 bits per heavy atom. The zero-order chi connectivity index (χ0) is 12.0. The third-order valence-corrected chi connectivity index (χ3v) is 5.54. The van der Waals surface area contributed by atoms with Crippen LogP contribution in [0.3, 0.4) is 0 Å². The van der Waals surface area contributed by atoms with E-state index in [-0.39, 0.29) is 24.9 Å². The number of hydrogen-bond acceptors (Lipinski definition) is 2. The predicted octanol–water partition coefficient (Wildman–Crippen LogP) is -0.601. The van der Waals surface area contributed by atoms with Crippen molar-refractivity contribution >= 4 is 5.97 Å². The van der Waals surface area contributed by atoms with Crippen LogP contribution < -0.4 is 18.1 Å². The molecule has 0 aromatic rings. The molecule has 0 aromatic heterocycles. The Bertz CT molecular complexity index is 296. The summed E-state index contributed by atoms with van der Waals surface area (Å²) in [5.41, 5.74) is 6.67. The fourth-order valence-electron chi connectivity index (χ4n) is 5.22. The molecule has 3 N–H and O–H groups in total.